The Balaban J connectivity index is 1.41. The summed E-state index contributed by atoms with van der Waals surface area (Å²) in [5.41, 5.74) is 2.09. The second-order valence-electron chi connectivity index (χ2n) is 6.25. The Morgan fingerprint density at radius 2 is 1.82 bits per heavy atom. The number of anilines is 1. The number of carbonyl (C=O) groups excluding carboxylic acids is 1. The van der Waals surface area contributed by atoms with Crippen LogP contribution in [0.3, 0.4) is 0 Å². The maximum absolute atomic E-state index is 12.6. The van der Waals surface area contributed by atoms with Crippen molar-refractivity contribution in [3.05, 3.63) is 42.0 Å². The summed E-state index contributed by atoms with van der Waals surface area (Å²) in [6.45, 7) is 1.00. The fourth-order valence-electron chi connectivity index (χ4n) is 3.05. The Kier molecular flexibility index (Phi) is 4.92. The monoisotopic (exact) mass is 384 g/mol. The molecule has 0 radical (unpaired) electrons. The maximum Gasteiger partial charge on any atom is 0.268 e. The zero-order valence-electron chi connectivity index (χ0n) is 15.6. The molecule has 0 unspecified atom stereocenters. The van der Waals surface area contributed by atoms with Crippen LogP contribution in [0, 0.1) is 0 Å². The van der Waals surface area contributed by atoms with Gasteiger partial charge in [-0.2, -0.15) is 0 Å². The summed E-state index contributed by atoms with van der Waals surface area (Å²) in [5.74, 6) is 2.21. The van der Waals surface area contributed by atoms with Gasteiger partial charge in [0.1, 0.15) is 13.2 Å². The lowest BCUT2D eigenvalue weighted by Gasteiger charge is -2.19. The molecule has 146 valence electrons. The van der Waals surface area contributed by atoms with E-state index in [9.17, 15) is 4.79 Å². The number of fused-ring (bicyclic) bond motifs is 1. The van der Waals surface area contributed by atoms with Crippen molar-refractivity contribution in [3.63, 3.8) is 0 Å². The first-order valence-corrected chi connectivity index (χ1v) is 8.83. The molecule has 0 saturated heterocycles. The largest absolute Gasteiger partial charge is 0.493 e. The summed E-state index contributed by atoms with van der Waals surface area (Å²) in [5, 5.41) is 6.90. The molecule has 0 aliphatic carbocycles. The Morgan fingerprint density at radius 3 is 2.61 bits per heavy atom. The van der Waals surface area contributed by atoms with Gasteiger partial charge >= 0.3 is 0 Å². The molecule has 2 aliphatic rings. The number of ether oxygens (including phenoxy) is 4. The smallest absolute Gasteiger partial charge is 0.268 e. The van der Waals surface area contributed by atoms with Gasteiger partial charge in [-0.25, -0.2) is 0 Å². The maximum atomic E-state index is 12.6. The zero-order valence-corrected chi connectivity index (χ0v) is 15.6. The molecule has 0 bridgehead atoms. The molecule has 8 heteroatoms. The zero-order chi connectivity index (χ0) is 19.5. The average Bonchev–Trinajstić information content (AvgIpc) is 3.23. The standard InChI is InChI=1S/C20H20N2O6/c1-24-15-5-3-12(9-17(15)25-2)14-11-19(28-22-14)20(23)21-13-4-6-16-18(10-13)27-8-7-26-16/h3-6,9-10,19H,7-8,11H2,1-2H3,(H,21,23)/t19-/m1/s1. The molecule has 0 saturated carbocycles. The molecule has 1 atom stereocenters. The number of benzene rings is 2. The van der Waals surface area contributed by atoms with Crippen molar-refractivity contribution in [1.82, 2.24) is 0 Å². The number of carbonyl (C=O) groups is 1. The predicted octanol–water partition coefficient (Wildman–Crippen LogP) is 2.61. The molecule has 2 aromatic carbocycles. The number of rotatable bonds is 5. The van der Waals surface area contributed by atoms with Crippen LogP contribution in [-0.4, -0.2) is 45.2 Å². The van der Waals surface area contributed by atoms with E-state index in [1.807, 2.05) is 12.1 Å². The van der Waals surface area contributed by atoms with Gasteiger partial charge in [0.15, 0.2) is 23.0 Å². The van der Waals surface area contributed by atoms with Crippen molar-refractivity contribution in [2.45, 2.75) is 12.5 Å². The van der Waals surface area contributed by atoms with Crippen molar-refractivity contribution in [2.75, 3.05) is 32.8 Å². The number of nitrogens with one attached hydrogen (secondary N) is 1. The predicted molar refractivity (Wildman–Crippen MR) is 102 cm³/mol. The lowest BCUT2D eigenvalue weighted by molar-refractivity contribution is -0.125. The van der Waals surface area contributed by atoms with E-state index in [-0.39, 0.29) is 5.91 Å². The topological polar surface area (TPSA) is 87.6 Å². The van der Waals surface area contributed by atoms with E-state index in [1.54, 1.807) is 38.5 Å². The number of amides is 1. The molecular weight excluding hydrogens is 364 g/mol. The molecule has 1 amide bonds. The molecule has 2 aromatic rings. The molecule has 2 aliphatic heterocycles. The van der Waals surface area contributed by atoms with E-state index < -0.39 is 6.10 Å². The molecule has 4 rings (SSSR count). The molecule has 1 N–H and O–H groups in total. The summed E-state index contributed by atoms with van der Waals surface area (Å²) >= 11 is 0. The molecule has 0 aromatic heterocycles. The highest BCUT2D eigenvalue weighted by Crippen LogP contribution is 2.33. The van der Waals surface area contributed by atoms with Gasteiger partial charge in [0.05, 0.1) is 19.9 Å². The van der Waals surface area contributed by atoms with E-state index >= 15 is 0 Å². The molecule has 0 spiro atoms. The van der Waals surface area contributed by atoms with Crippen molar-refractivity contribution < 1.29 is 28.6 Å². The Bertz CT molecular complexity index is 927. The first-order chi connectivity index (χ1) is 13.7. The van der Waals surface area contributed by atoms with Gasteiger partial charge in [-0.1, -0.05) is 5.16 Å². The summed E-state index contributed by atoms with van der Waals surface area (Å²) in [6.07, 6.45) is -0.359. The van der Waals surface area contributed by atoms with Crippen LogP contribution in [0.1, 0.15) is 12.0 Å². The van der Waals surface area contributed by atoms with E-state index in [2.05, 4.69) is 10.5 Å². The number of hydrogen-bond acceptors (Lipinski definition) is 7. The Morgan fingerprint density at radius 1 is 1.04 bits per heavy atom. The summed E-state index contributed by atoms with van der Waals surface area (Å²) < 4.78 is 21.6. The second-order valence-corrected chi connectivity index (χ2v) is 6.25. The normalized spacial score (nSPS) is 17.4. The summed E-state index contributed by atoms with van der Waals surface area (Å²) in [4.78, 5) is 17.9. The molecule has 8 nitrogen and oxygen atoms in total. The fraction of sp³-hybridized carbons (Fsp3) is 0.300. The van der Waals surface area contributed by atoms with Crippen LogP contribution >= 0.6 is 0 Å². The van der Waals surface area contributed by atoms with Crippen LogP contribution in [0.5, 0.6) is 23.0 Å². The number of oxime groups is 1. The quantitative estimate of drug-likeness (QED) is 0.853. The summed E-state index contributed by atoms with van der Waals surface area (Å²) in [7, 11) is 3.14. The lowest BCUT2D eigenvalue weighted by Crippen LogP contribution is -2.28. The number of hydrogen-bond donors (Lipinski definition) is 1. The van der Waals surface area contributed by atoms with Crippen molar-refractivity contribution in [1.29, 1.82) is 0 Å². The highest BCUT2D eigenvalue weighted by atomic mass is 16.6. The average molecular weight is 384 g/mol. The highest BCUT2D eigenvalue weighted by molar-refractivity contribution is 6.06. The SMILES string of the molecule is COc1ccc(C2=NO[C@@H](C(=O)Nc3ccc4c(c3)OCCO4)C2)cc1OC. The van der Waals surface area contributed by atoms with Crippen LogP contribution in [0.4, 0.5) is 5.69 Å². The Hall–Kier alpha value is -3.42. The molecular formula is C20H20N2O6. The van der Waals surface area contributed by atoms with Gasteiger partial charge in [-0.15, -0.1) is 0 Å². The van der Waals surface area contributed by atoms with Crippen LogP contribution in [0.2, 0.25) is 0 Å². The number of methoxy groups -OCH3 is 2. The highest BCUT2D eigenvalue weighted by Gasteiger charge is 2.29. The first-order valence-electron chi connectivity index (χ1n) is 8.83. The van der Waals surface area contributed by atoms with E-state index in [1.165, 1.54) is 0 Å². The minimum absolute atomic E-state index is 0.282. The van der Waals surface area contributed by atoms with Crippen LogP contribution in [0.15, 0.2) is 41.6 Å². The first kappa shape index (κ1) is 18.0. The van der Waals surface area contributed by atoms with Crippen LogP contribution in [-0.2, 0) is 9.63 Å². The van der Waals surface area contributed by atoms with Gasteiger partial charge < -0.3 is 29.1 Å². The van der Waals surface area contributed by atoms with Gasteiger partial charge in [0.2, 0.25) is 6.10 Å². The van der Waals surface area contributed by atoms with Crippen LogP contribution < -0.4 is 24.3 Å². The molecule has 0 fully saturated rings. The fourth-order valence-corrected chi connectivity index (χ4v) is 3.05. The second kappa shape index (κ2) is 7.67. The van der Waals surface area contributed by atoms with Gasteiger partial charge in [-0.3, -0.25) is 4.79 Å². The van der Waals surface area contributed by atoms with Gasteiger partial charge in [0.25, 0.3) is 5.91 Å². The lowest BCUT2D eigenvalue weighted by atomic mass is 10.0. The third-order valence-corrected chi connectivity index (χ3v) is 4.49. The Labute approximate surface area is 162 Å². The van der Waals surface area contributed by atoms with Crippen molar-refractivity contribution in [3.8, 4) is 23.0 Å². The third kappa shape index (κ3) is 3.53. The minimum atomic E-state index is -0.712. The number of nitrogens with zero attached hydrogens (tertiary/aromatic N) is 1. The van der Waals surface area contributed by atoms with Crippen LogP contribution in [0.25, 0.3) is 0 Å². The summed E-state index contributed by atoms with van der Waals surface area (Å²) in [6, 6.07) is 10.7. The molecule has 2 heterocycles. The van der Waals surface area contributed by atoms with Crippen molar-refractivity contribution in [2.24, 2.45) is 5.16 Å². The molecule has 28 heavy (non-hydrogen) atoms. The minimum Gasteiger partial charge on any atom is -0.493 e. The van der Waals surface area contributed by atoms with Gasteiger partial charge in [-0.05, 0) is 30.3 Å². The van der Waals surface area contributed by atoms with E-state index in [0.29, 0.717) is 54.0 Å². The van der Waals surface area contributed by atoms with E-state index in [0.717, 1.165) is 5.56 Å². The third-order valence-electron chi connectivity index (χ3n) is 4.49. The van der Waals surface area contributed by atoms with Gasteiger partial charge in [0, 0.05) is 23.7 Å². The van der Waals surface area contributed by atoms with Crippen molar-refractivity contribution >= 4 is 17.3 Å². The van der Waals surface area contributed by atoms with E-state index in [4.69, 9.17) is 23.8 Å².